The Morgan fingerprint density at radius 1 is 1.13 bits per heavy atom. The van der Waals surface area contributed by atoms with E-state index in [2.05, 4.69) is 37.5 Å². The number of hydrogen-bond donors (Lipinski definition) is 0. The van der Waals surface area contributed by atoms with Crippen molar-refractivity contribution in [2.75, 3.05) is 26.2 Å². The van der Waals surface area contributed by atoms with Crippen molar-refractivity contribution in [2.45, 2.75) is 46.2 Å². The summed E-state index contributed by atoms with van der Waals surface area (Å²) in [6.45, 7) is 14.6. The van der Waals surface area contributed by atoms with Crippen molar-refractivity contribution in [3.8, 4) is 0 Å². The molecule has 0 bridgehead atoms. The first-order chi connectivity index (χ1) is 7.08. The van der Waals surface area contributed by atoms with Gasteiger partial charge in [-0.05, 0) is 38.6 Å². The molecular weight excluding hydrogens is 184 g/mol. The second kappa shape index (κ2) is 4.42. The van der Waals surface area contributed by atoms with Crippen LogP contribution < -0.4 is 0 Å². The fraction of sp³-hybridized carbons (Fsp3) is 1.00. The van der Waals surface area contributed by atoms with Crippen LogP contribution in [0.3, 0.4) is 0 Å². The average Bonchev–Trinajstić information content (AvgIpc) is 2.60. The van der Waals surface area contributed by atoms with Crippen LogP contribution in [0, 0.1) is 11.8 Å². The van der Waals surface area contributed by atoms with E-state index in [1.165, 1.54) is 32.6 Å². The van der Waals surface area contributed by atoms with Crippen LogP contribution in [0.4, 0.5) is 0 Å². The Morgan fingerprint density at radius 3 is 2.47 bits per heavy atom. The molecule has 0 N–H and O–H groups in total. The quantitative estimate of drug-likeness (QED) is 0.703. The zero-order chi connectivity index (χ0) is 11.0. The smallest absolute Gasteiger partial charge is 0.0266 e. The summed E-state index contributed by atoms with van der Waals surface area (Å²) in [7, 11) is 0. The third kappa shape index (κ3) is 2.36. The molecule has 2 fully saturated rings. The van der Waals surface area contributed by atoms with Gasteiger partial charge in [0.1, 0.15) is 0 Å². The lowest BCUT2D eigenvalue weighted by atomic mass is 10.0. The van der Waals surface area contributed by atoms with Crippen molar-refractivity contribution in [1.29, 1.82) is 0 Å². The molecule has 2 unspecified atom stereocenters. The summed E-state index contributed by atoms with van der Waals surface area (Å²) in [6, 6.07) is 1.60. The topological polar surface area (TPSA) is 6.48 Å². The Hall–Kier alpha value is -0.0800. The Bertz CT molecular complexity index is 213. The third-order valence-electron chi connectivity index (χ3n) is 3.95. The van der Waals surface area contributed by atoms with E-state index < -0.39 is 0 Å². The molecule has 0 aromatic rings. The fourth-order valence-electron chi connectivity index (χ4n) is 3.39. The van der Waals surface area contributed by atoms with Crippen LogP contribution in [0.25, 0.3) is 0 Å². The minimum Gasteiger partial charge on any atom is -0.301 e. The predicted octanol–water partition coefficient (Wildman–Crippen LogP) is 2.06. The predicted molar refractivity (Wildman–Crippen MR) is 65.0 cm³/mol. The molecule has 0 spiro atoms. The van der Waals surface area contributed by atoms with Gasteiger partial charge in [-0.25, -0.2) is 0 Å². The van der Waals surface area contributed by atoms with Crippen LogP contribution in [0.2, 0.25) is 0 Å². The molecule has 0 aliphatic carbocycles. The van der Waals surface area contributed by atoms with Crippen molar-refractivity contribution in [1.82, 2.24) is 9.80 Å². The van der Waals surface area contributed by atoms with Gasteiger partial charge in [0.05, 0.1) is 0 Å². The Kier molecular flexibility index (Phi) is 3.36. The summed E-state index contributed by atoms with van der Waals surface area (Å²) in [5, 5.41) is 0. The van der Waals surface area contributed by atoms with E-state index in [0.717, 1.165) is 23.9 Å². The zero-order valence-corrected chi connectivity index (χ0v) is 10.7. The van der Waals surface area contributed by atoms with Gasteiger partial charge in [0.15, 0.2) is 0 Å². The van der Waals surface area contributed by atoms with Crippen LogP contribution in [0.5, 0.6) is 0 Å². The molecule has 2 atom stereocenters. The van der Waals surface area contributed by atoms with Crippen molar-refractivity contribution in [3.63, 3.8) is 0 Å². The maximum absolute atomic E-state index is 2.71. The van der Waals surface area contributed by atoms with Crippen LogP contribution in [0.15, 0.2) is 0 Å². The number of nitrogens with zero attached hydrogens (tertiary/aromatic N) is 2. The molecule has 88 valence electrons. The molecule has 2 aliphatic rings. The zero-order valence-electron chi connectivity index (χ0n) is 10.7. The largest absolute Gasteiger partial charge is 0.301 e. The molecule has 2 nitrogen and oxygen atoms in total. The summed E-state index contributed by atoms with van der Waals surface area (Å²) in [4.78, 5) is 5.39. The van der Waals surface area contributed by atoms with Crippen LogP contribution in [-0.2, 0) is 0 Å². The van der Waals surface area contributed by atoms with E-state index in [1.54, 1.807) is 0 Å². The van der Waals surface area contributed by atoms with Gasteiger partial charge in [-0.1, -0.05) is 13.8 Å². The Morgan fingerprint density at radius 2 is 1.87 bits per heavy atom. The lowest BCUT2D eigenvalue weighted by Gasteiger charge is -2.28. The SMILES string of the molecule is CC(C)CN1CC2CCN(C(C)C)C2C1. The number of likely N-dealkylation sites (tertiary alicyclic amines) is 2. The van der Waals surface area contributed by atoms with Gasteiger partial charge in [-0.15, -0.1) is 0 Å². The van der Waals surface area contributed by atoms with Gasteiger partial charge in [-0.2, -0.15) is 0 Å². The van der Waals surface area contributed by atoms with E-state index in [4.69, 9.17) is 0 Å². The highest BCUT2D eigenvalue weighted by atomic mass is 15.3. The molecule has 0 aromatic carbocycles. The summed E-state index contributed by atoms with van der Waals surface area (Å²) in [5.74, 6) is 1.78. The van der Waals surface area contributed by atoms with Crippen molar-refractivity contribution in [2.24, 2.45) is 11.8 Å². The first kappa shape index (κ1) is 11.4. The molecule has 2 heteroatoms. The van der Waals surface area contributed by atoms with E-state index in [9.17, 15) is 0 Å². The van der Waals surface area contributed by atoms with Crippen molar-refractivity contribution < 1.29 is 0 Å². The molecule has 2 saturated heterocycles. The van der Waals surface area contributed by atoms with E-state index >= 15 is 0 Å². The van der Waals surface area contributed by atoms with E-state index in [0.29, 0.717) is 0 Å². The third-order valence-corrected chi connectivity index (χ3v) is 3.95. The van der Waals surface area contributed by atoms with Gasteiger partial charge in [0, 0.05) is 31.7 Å². The fourth-order valence-corrected chi connectivity index (χ4v) is 3.39. The standard InChI is InChI=1S/C13H26N2/c1-10(2)7-14-8-12-5-6-15(11(3)4)13(12)9-14/h10-13H,5-9H2,1-4H3. The normalized spacial score (nSPS) is 33.2. The van der Waals surface area contributed by atoms with Gasteiger partial charge >= 0.3 is 0 Å². The van der Waals surface area contributed by atoms with Crippen molar-refractivity contribution >= 4 is 0 Å². The molecule has 0 saturated carbocycles. The highest BCUT2D eigenvalue weighted by Gasteiger charge is 2.41. The molecule has 15 heavy (non-hydrogen) atoms. The number of hydrogen-bond acceptors (Lipinski definition) is 2. The van der Waals surface area contributed by atoms with E-state index in [1.807, 2.05) is 0 Å². The highest BCUT2D eigenvalue weighted by molar-refractivity contribution is 4.97. The summed E-state index contributed by atoms with van der Waals surface area (Å²) < 4.78 is 0. The lowest BCUT2D eigenvalue weighted by Crippen LogP contribution is -2.40. The second-order valence-corrected chi connectivity index (χ2v) is 6.06. The molecule has 2 heterocycles. The van der Waals surface area contributed by atoms with Crippen LogP contribution in [-0.4, -0.2) is 48.1 Å². The van der Waals surface area contributed by atoms with Gasteiger partial charge in [-0.3, -0.25) is 4.90 Å². The monoisotopic (exact) mass is 210 g/mol. The van der Waals surface area contributed by atoms with Gasteiger partial charge in [0.2, 0.25) is 0 Å². The van der Waals surface area contributed by atoms with Gasteiger partial charge in [0.25, 0.3) is 0 Å². The van der Waals surface area contributed by atoms with E-state index in [-0.39, 0.29) is 0 Å². The lowest BCUT2D eigenvalue weighted by molar-refractivity contribution is 0.181. The van der Waals surface area contributed by atoms with Crippen molar-refractivity contribution in [3.05, 3.63) is 0 Å². The Balaban J connectivity index is 1.91. The maximum Gasteiger partial charge on any atom is 0.0266 e. The van der Waals surface area contributed by atoms with Crippen LogP contribution >= 0.6 is 0 Å². The molecule has 2 aliphatic heterocycles. The minimum absolute atomic E-state index is 0.735. The summed E-state index contributed by atoms with van der Waals surface area (Å²) in [5.41, 5.74) is 0. The Labute approximate surface area is 94.6 Å². The summed E-state index contributed by atoms with van der Waals surface area (Å²) >= 11 is 0. The average molecular weight is 210 g/mol. The second-order valence-electron chi connectivity index (χ2n) is 6.06. The maximum atomic E-state index is 2.71. The first-order valence-electron chi connectivity index (χ1n) is 6.56. The van der Waals surface area contributed by atoms with Gasteiger partial charge < -0.3 is 4.90 Å². The summed E-state index contributed by atoms with van der Waals surface area (Å²) in [6.07, 6.45) is 1.43. The number of fused-ring (bicyclic) bond motifs is 1. The molecular formula is C13H26N2. The van der Waals surface area contributed by atoms with Crippen LogP contribution in [0.1, 0.15) is 34.1 Å². The molecule has 0 radical (unpaired) electrons. The highest BCUT2D eigenvalue weighted by Crippen LogP contribution is 2.32. The first-order valence-corrected chi connectivity index (χ1v) is 6.56. The molecule has 0 amide bonds. The molecule has 2 rings (SSSR count). The molecule has 0 aromatic heterocycles. The minimum atomic E-state index is 0.735. The number of rotatable bonds is 3.